The third kappa shape index (κ3) is 3.30. The number of nitrogens with zero attached hydrogens (tertiary/aromatic N) is 4. The van der Waals surface area contributed by atoms with Crippen molar-refractivity contribution in [1.29, 1.82) is 0 Å². The van der Waals surface area contributed by atoms with E-state index < -0.39 is 17.1 Å². The summed E-state index contributed by atoms with van der Waals surface area (Å²) in [5, 5.41) is 0.307. The highest BCUT2D eigenvalue weighted by Gasteiger charge is 2.19. The Labute approximate surface area is 167 Å². The molecular weight excluding hydrogens is 406 g/mol. The second kappa shape index (κ2) is 7.18. The zero-order valence-corrected chi connectivity index (χ0v) is 15.7. The zero-order chi connectivity index (χ0) is 19.8. The van der Waals surface area contributed by atoms with Crippen molar-refractivity contribution in [2.24, 2.45) is 0 Å². The number of halogens is 3. The third-order valence-corrected chi connectivity index (χ3v) is 4.69. The van der Waals surface area contributed by atoms with E-state index >= 15 is 0 Å². The Morgan fingerprint density at radius 3 is 2.61 bits per heavy atom. The highest BCUT2D eigenvalue weighted by Crippen LogP contribution is 2.21. The van der Waals surface area contributed by atoms with Crippen LogP contribution in [-0.4, -0.2) is 19.1 Å². The van der Waals surface area contributed by atoms with Crippen LogP contribution < -0.4 is 11.2 Å². The first-order chi connectivity index (χ1) is 13.4. The maximum atomic E-state index is 13.3. The van der Waals surface area contributed by atoms with Gasteiger partial charge in [-0.2, -0.15) is 4.98 Å². The van der Waals surface area contributed by atoms with Crippen LogP contribution in [0.25, 0.3) is 17.1 Å². The van der Waals surface area contributed by atoms with Crippen LogP contribution in [0.2, 0.25) is 10.2 Å². The molecule has 0 spiro atoms. The molecular formula is C19H11Cl2FN4O2. The van der Waals surface area contributed by atoms with Crippen molar-refractivity contribution in [2.45, 2.75) is 6.54 Å². The number of hydrogen-bond donors (Lipinski definition) is 0. The number of benzene rings is 1. The van der Waals surface area contributed by atoms with Crippen LogP contribution in [0.3, 0.4) is 0 Å². The van der Waals surface area contributed by atoms with Crippen molar-refractivity contribution in [2.75, 3.05) is 0 Å². The summed E-state index contributed by atoms with van der Waals surface area (Å²) in [5.41, 5.74) is -0.275. The summed E-state index contributed by atoms with van der Waals surface area (Å²) in [4.78, 5) is 33.6. The molecule has 4 rings (SSSR count). The normalized spacial score (nSPS) is 11.1. The van der Waals surface area contributed by atoms with Crippen molar-refractivity contribution in [3.8, 4) is 17.1 Å². The highest BCUT2D eigenvalue weighted by molar-refractivity contribution is 6.32. The van der Waals surface area contributed by atoms with Gasteiger partial charge in [0.05, 0.1) is 22.8 Å². The minimum absolute atomic E-state index is 0.0589. The molecule has 3 heterocycles. The van der Waals surface area contributed by atoms with Gasteiger partial charge in [-0.25, -0.2) is 18.7 Å². The largest absolute Gasteiger partial charge is 0.357 e. The van der Waals surface area contributed by atoms with E-state index in [1.54, 1.807) is 41.2 Å². The fourth-order valence-corrected chi connectivity index (χ4v) is 3.25. The van der Waals surface area contributed by atoms with Gasteiger partial charge in [-0.05, 0) is 42.0 Å². The minimum atomic E-state index is -0.805. The Kier molecular flexibility index (Phi) is 4.70. The lowest BCUT2D eigenvalue weighted by Crippen LogP contribution is -2.37. The van der Waals surface area contributed by atoms with Gasteiger partial charge in [0.15, 0.2) is 5.82 Å². The fraction of sp³-hybridized carbons (Fsp3) is 0.0526. The molecule has 0 fully saturated rings. The monoisotopic (exact) mass is 416 g/mol. The van der Waals surface area contributed by atoms with Crippen LogP contribution >= 0.6 is 23.2 Å². The van der Waals surface area contributed by atoms with Crippen molar-refractivity contribution >= 4 is 23.2 Å². The van der Waals surface area contributed by atoms with Gasteiger partial charge in [0, 0.05) is 12.4 Å². The molecule has 2 aromatic rings. The summed E-state index contributed by atoms with van der Waals surface area (Å²) in [7, 11) is 0. The first-order valence-corrected chi connectivity index (χ1v) is 8.88. The van der Waals surface area contributed by atoms with Crippen molar-refractivity contribution in [3.05, 3.63) is 97.3 Å². The lowest BCUT2D eigenvalue weighted by Gasteiger charge is -2.15. The van der Waals surface area contributed by atoms with Gasteiger partial charge in [-0.1, -0.05) is 29.3 Å². The average Bonchev–Trinajstić information content (AvgIpc) is 2.66. The predicted molar refractivity (Wildman–Crippen MR) is 104 cm³/mol. The number of pyridine rings is 2. The quantitative estimate of drug-likeness (QED) is 0.480. The number of hydrogen-bond acceptors (Lipinski definition) is 4. The Balaban J connectivity index is 1.88. The van der Waals surface area contributed by atoms with E-state index in [4.69, 9.17) is 23.2 Å². The van der Waals surface area contributed by atoms with Crippen LogP contribution in [0.5, 0.6) is 0 Å². The van der Waals surface area contributed by atoms with Crippen LogP contribution in [0.1, 0.15) is 5.56 Å². The van der Waals surface area contributed by atoms with Gasteiger partial charge in [0.1, 0.15) is 11.0 Å². The second-order valence-corrected chi connectivity index (χ2v) is 6.79. The van der Waals surface area contributed by atoms with Crippen LogP contribution in [0.15, 0.2) is 64.4 Å². The Morgan fingerprint density at radius 1 is 1.07 bits per heavy atom. The molecule has 0 radical (unpaired) electrons. The van der Waals surface area contributed by atoms with E-state index in [1.165, 1.54) is 6.07 Å². The molecule has 1 aromatic carbocycles. The fourth-order valence-electron chi connectivity index (χ4n) is 2.88. The Hall–Kier alpha value is -3.03. The van der Waals surface area contributed by atoms with Crippen LogP contribution in [0.4, 0.5) is 4.39 Å². The molecule has 2 aliphatic rings. The van der Waals surface area contributed by atoms with Gasteiger partial charge >= 0.3 is 5.69 Å². The summed E-state index contributed by atoms with van der Waals surface area (Å²) in [6.45, 7) is 0.342. The second-order valence-electron chi connectivity index (χ2n) is 5.99. The van der Waals surface area contributed by atoms with Crippen LogP contribution in [0, 0.1) is 5.82 Å². The van der Waals surface area contributed by atoms with Gasteiger partial charge < -0.3 is 4.57 Å². The van der Waals surface area contributed by atoms with E-state index in [-0.39, 0.29) is 22.1 Å². The standard InChI is InChI=1S/C19H11Cl2FN4O2/c20-14-8-12(22)4-5-15(14)26-18(27)13-2-1-7-25(17(13)24-19(26)28)10-11-3-6-16(21)23-9-11/h1-9H,10H2. The molecule has 1 aromatic heterocycles. The molecule has 0 N–H and O–H groups in total. The van der Waals surface area contributed by atoms with Crippen molar-refractivity contribution < 1.29 is 4.39 Å². The minimum Gasteiger partial charge on any atom is -0.328 e. The van der Waals surface area contributed by atoms with Crippen molar-refractivity contribution in [1.82, 2.24) is 19.1 Å². The van der Waals surface area contributed by atoms with E-state index in [0.29, 0.717) is 11.7 Å². The van der Waals surface area contributed by atoms with E-state index in [2.05, 4.69) is 9.97 Å². The van der Waals surface area contributed by atoms with Gasteiger partial charge in [0.2, 0.25) is 0 Å². The molecule has 0 saturated carbocycles. The lowest BCUT2D eigenvalue weighted by atomic mass is 10.2. The summed E-state index contributed by atoms with van der Waals surface area (Å²) in [6.07, 6.45) is 3.31. The lowest BCUT2D eigenvalue weighted by molar-refractivity contribution is 0.627. The SMILES string of the molecule is O=c1nc2n(Cc3ccc(Cl)nc3)cccc-2c(=O)n1-c1ccc(F)cc1Cl. The number of fused-ring (bicyclic) bond motifs is 1. The number of aromatic nitrogens is 4. The summed E-state index contributed by atoms with van der Waals surface area (Å²) in [5.74, 6) is -0.348. The van der Waals surface area contributed by atoms with Crippen molar-refractivity contribution in [3.63, 3.8) is 0 Å². The van der Waals surface area contributed by atoms with E-state index in [1.807, 2.05) is 0 Å². The first-order valence-electron chi connectivity index (χ1n) is 8.12. The molecule has 0 aliphatic carbocycles. The smallest absolute Gasteiger partial charge is 0.328 e. The Bertz CT molecular complexity index is 1270. The summed E-state index contributed by atoms with van der Waals surface area (Å²) >= 11 is 11.8. The molecule has 0 unspecified atom stereocenters. The zero-order valence-electron chi connectivity index (χ0n) is 14.1. The molecule has 140 valence electrons. The van der Waals surface area contributed by atoms with Gasteiger partial charge in [-0.15, -0.1) is 0 Å². The molecule has 6 nitrogen and oxygen atoms in total. The van der Waals surface area contributed by atoms with Gasteiger partial charge in [-0.3, -0.25) is 4.79 Å². The molecule has 0 atom stereocenters. The molecule has 28 heavy (non-hydrogen) atoms. The van der Waals surface area contributed by atoms with Crippen LogP contribution in [-0.2, 0) is 6.54 Å². The van der Waals surface area contributed by atoms with E-state index in [9.17, 15) is 14.0 Å². The predicted octanol–water partition coefficient (Wildman–Crippen LogP) is 3.39. The summed E-state index contributed by atoms with van der Waals surface area (Å²) < 4.78 is 15.8. The molecule has 0 amide bonds. The average molecular weight is 417 g/mol. The highest BCUT2D eigenvalue weighted by atomic mass is 35.5. The van der Waals surface area contributed by atoms with E-state index in [0.717, 1.165) is 22.3 Å². The third-order valence-electron chi connectivity index (χ3n) is 4.16. The first kappa shape index (κ1) is 18.3. The molecule has 2 aliphatic heterocycles. The maximum absolute atomic E-state index is 13.3. The molecule has 9 heteroatoms. The molecule has 0 saturated heterocycles. The number of rotatable bonds is 3. The summed E-state index contributed by atoms with van der Waals surface area (Å²) in [6, 6.07) is 10.1. The van der Waals surface area contributed by atoms with Gasteiger partial charge in [0.25, 0.3) is 5.56 Å². The Morgan fingerprint density at radius 2 is 1.89 bits per heavy atom. The topological polar surface area (TPSA) is 69.8 Å². The maximum Gasteiger partial charge on any atom is 0.357 e. The molecule has 0 bridgehead atoms.